The predicted molar refractivity (Wildman–Crippen MR) is 97.5 cm³/mol. The topological polar surface area (TPSA) is 55.8 Å². The molecule has 1 amide bonds. The molecule has 2 aromatic carbocycles. The lowest BCUT2D eigenvalue weighted by molar-refractivity contribution is -0.149. The highest BCUT2D eigenvalue weighted by Gasteiger charge is 2.37. The lowest BCUT2D eigenvalue weighted by Crippen LogP contribution is -2.29. The van der Waals surface area contributed by atoms with E-state index in [4.69, 9.17) is 9.47 Å². The number of carbonyl (C=O) groups is 2. The quantitative estimate of drug-likeness (QED) is 0.748. The summed E-state index contributed by atoms with van der Waals surface area (Å²) < 4.78 is 10.6. The van der Waals surface area contributed by atoms with Gasteiger partial charge in [-0.25, -0.2) is 0 Å². The normalized spacial score (nSPS) is 17.8. The largest absolute Gasteiger partial charge is 0.497 e. The van der Waals surface area contributed by atoms with Gasteiger partial charge in [0.25, 0.3) is 0 Å². The van der Waals surface area contributed by atoms with Crippen molar-refractivity contribution in [2.24, 2.45) is 5.92 Å². The minimum atomic E-state index is -0.410. The molecule has 1 aliphatic heterocycles. The molecule has 0 bridgehead atoms. The van der Waals surface area contributed by atoms with Crippen LogP contribution in [0.15, 0.2) is 54.6 Å². The molecule has 136 valence electrons. The first-order chi connectivity index (χ1) is 12.6. The molecule has 0 saturated carbocycles. The van der Waals surface area contributed by atoms with Gasteiger partial charge in [-0.1, -0.05) is 42.5 Å². The lowest BCUT2D eigenvalue weighted by atomic mass is 10.1. The van der Waals surface area contributed by atoms with E-state index >= 15 is 0 Å². The molecule has 0 N–H and O–H groups in total. The van der Waals surface area contributed by atoms with Crippen LogP contribution in [-0.2, 0) is 20.9 Å². The van der Waals surface area contributed by atoms with Crippen molar-refractivity contribution in [3.8, 4) is 5.75 Å². The summed E-state index contributed by atoms with van der Waals surface area (Å²) in [5, 5.41) is 0. The second-order valence-electron chi connectivity index (χ2n) is 6.49. The molecule has 0 spiro atoms. The summed E-state index contributed by atoms with van der Waals surface area (Å²) in [6, 6.07) is 17.1. The number of rotatable bonds is 6. The Bertz CT molecular complexity index is 757. The molecule has 2 aromatic rings. The summed E-state index contributed by atoms with van der Waals surface area (Å²) >= 11 is 0. The van der Waals surface area contributed by atoms with Gasteiger partial charge in [0.05, 0.1) is 19.1 Å². The summed E-state index contributed by atoms with van der Waals surface area (Å²) in [4.78, 5) is 26.5. The highest BCUT2D eigenvalue weighted by Crippen LogP contribution is 2.30. The number of benzene rings is 2. The fourth-order valence-electron chi connectivity index (χ4n) is 3.17. The summed E-state index contributed by atoms with van der Waals surface area (Å²) in [7, 11) is 1.62. The fourth-order valence-corrected chi connectivity index (χ4v) is 3.17. The molecule has 5 nitrogen and oxygen atoms in total. The third kappa shape index (κ3) is 4.04. The summed E-state index contributed by atoms with van der Waals surface area (Å²) in [6.45, 7) is 2.59. The predicted octanol–water partition coefficient (Wildman–Crippen LogP) is 3.35. The Morgan fingerprint density at radius 1 is 1.15 bits per heavy atom. The van der Waals surface area contributed by atoms with Crippen LogP contribution in [0.25, 0.3) is 0 Å². The first kappa shape index (κ1) is 18.0. The van der Waals surface area contributed by atoms with E-state index in [-0.39, 0.29) is 30.9 Å². The zero-order valence-electron chi connectivity index (χ0n) is 15.1. The molecule has 0 aromatic heterocycles. The van der Waals surface area contributed by atoms with Crippen molar-refractivity contribution in [2.45, 2.75) is 26.0 Å². The summed E-state index contributed by atoms with van der Waals surface area (Å²) in [5.74, 6) is 0.0320. The molecule has 2 atom stereocenters. The summed E-state index contributed by atoms with van der Waals surface area (Å²) in [6.07, 6.45) is 0.202. The highest BCUT2D eigenvalue weighted by molar-refractivity contribution is 5.87. The first-order valence-corrected chi connectivity index (χ1v) is 8.72. The molecule has 1 aliphatic rings. The lowest BCUT2D eigenvalue weighted by Gasteiger charge is -2.25. The van der Waals surface area contributed by atoms with E-state index in [2.05, 4.69) is 0 Å². The minimum absolute atomic E-state index is 0.0185. The molecule has 1 heterocycles. The van der Waals surface area contributed by atoms with Gasteiger partial charge in [-0.2, -0.15) is 0 Å². The molecule has 1 saturated heterocycles. The van der Waals surface area contributed by atoms with Crippen LogP contribution in [-0.4, -0.2) is 30.4 Å². The molecule has 5 heteroatoms. The number of likely N-dealkylation sites (tertiary alicyclic amines) is 1. The van der Waals surface area contributed by atoms with Crippen molar-refractivity contribution in [2.75, 3.05) is 13.7 Å². The standard InChI is InChI=1S/C21H23NO4/c1-15(17-8-10-19(25-2)11-9-17)22-13-18(12-20(22)23)21(24)26-14-16-6-4-3-5-7-16/h3-11,15,18H,12-14H2,1-2H3/t15-,18+/m0/s1. The van der Waals surface area contributed by atoms with Crippen LogP contribution < -0.4 is 4.74 Å². The van der Waals surface area contributed by atoms with Crippen LogP contribution >= 0.6 is 0 Å². The van der Waals surface area contributed by atoms with Crippen LogP contribution in [0.1, 0.15) is 30.5 Å². The van der Waals surface area contributed by atoms with Crippen LogP contribution in [0.4, 0.5) is 0 Å². The zero-order valence-corrected chi connectivity index (χ0v) is 15.1. The Balaban J connectivity index is 1.59. The number of hydrogen-bond acceptors (Lipinski definition) is 4. The van der Waals surface area contributed by atoms with E-state index in [1.807, 2.05) is 61.5 Å². The number of esters is 1. The molecule has 0 aliphatic carbocycles. The number of carbonyl (C=O) groups excluding carboxylic acids is 2. The average Bonchev–Trinajstić information content (AvgIpc) is 3.08. The molecule has 3 rings (SSSR count). The molecular weight excluding hydrogens is 330 g/mol. The molecule has 26 heavy (non-hydrogen) atoms. The van der Waals surface area contributed by atoms with E-state index in [9.17, 15) is 9.59 Å². The van der Waals surface area contributed by atoms with Gasteiger partial charge >= 0.3 is 5.97 Å². The SMILES string of the molecule is COc1ccc([C@H](C)N2C[C@H](C(=O)OCc3ccccc3)CC2=O)cc1. The average molecular weight is 353 g/mol. The maximum absolute atomic E-state index is 12.4. The van der Waals surface area contributed by atoms with Gasteiger partial charge in [-0.3, -0.25) is 9.59 Å². The Kier molecular flexibility index (Phi) is 5.56. The molecular formula is C21H23NO4. The monoisotopic (exact) mass is 353 g/mol. The van der Waals surface area contributed by atoms with Gasteiger partial charge in [-0.05, 0) is 30.2 Å². The zero-order chi connectivity index (χ0) is 18.5. The molecule has 1 fully saturated rings. The van der Waals surface area contributed by atoms with E-state index in [0.29, 0.717) is 6.54 Å². The second kappa shape index (κ2) is 8.04. The van der Waals surface area contributed by atoms with Crippen molar-refractivity contribution in [3.63, 3.8) is 0 Å². The Morgan fingerprint density at radius 3 is 2.50 bits per heavy atom. The summed E-state index contributed by atoms with van der Waals surface area (Å²) in [5.41, 5.74) is 1.95. The fraction of sp³-hybridized carbons (Fsp3) is 0.333. The van der Waals surface area contributed by atoms with E-state index < -0.39 is 5.92 Å². The van der Waals surface area contributed by atoms with Crippen molar-refractivity contribution in [3.05, 3.63) is 65.7 Å². The Hall–Kier alpha value is -2.82. The van der Waals surface area contributed by atoms with Gasteiger partial charge in [0.2, 0.25) is 5.91 Å². The van der Waals surface area contributed by atoms with Crippen LogP contribution in [0.5, 0.6) is 5.75 Å². The second-order valence-corrected chi connectivity index (χ2v) is 6.49. The van der Waals surface area contributed by atoms with E-state index in [0.717, 1.165) is 16.9 Å². The number of amides is 1. The third-order valence-electron chi connectivity index (χ3n) is 4.78. The molecule has 0 radical (unpaired) electrons. The molecule has 0 unspecified atom stereocenters. The van der Waals surface area contributed by atoms with Crippen molar-refractivity contribution in [1.29, 1.82) is 0 Å². The Labute approximate surface area is 153 Å². The maximum atomic E-state index is 12.4. The van der Waals surface area contributed by atoms with Gasteiger partial charge in [-0.15, -0.1) is 0 Å². The van der Waals surface area contributed by atoms with Crippen LogP contribution in [0, 0.1) is 5.92 Å². The van der Waals surface area contributed by atoms with Crippen LogP contribution in [0.2, 0.25) is 0 Å². The van der Waals surface area contributed by atoms with E-state index in [1.165, 1.54) is 0 Å². The van der Waals surface area contributed by atoms with Crippen molar-refractivity contribution >= 4 is 11.9 Å². The minimum Gasteiger partial charge on any atom is -0.497 e. The third-order valence-corrected chi connectivity index (χ3v) is 4.78. The first-order valence-electron chi connectivity index (χ1n) is 8.72. The number of methoxy groups -OCH3 is 1. The number of ether oxygens (including phenoxy) is 2. The number of hydrogen-bond donors (Lipinski definition) is 0. The van der Waals surface area contributed by atoms with E-state index in [1.54, 1.807) is 12.0 Å². The van der Waals surface area contributed by atoms with Crippen LogP contribution in [0.3, 0.4) is 0 Å². The smallest absolute Gasteiger partial charge is 0.311 e. The highest BCUT2D eigenvalue weighted by atomic mass is 16.5. The van der Waals surface area contributed by atoms with Gasteiger partial charge < -0.3 is 14.4 Å². The van der Waals surface area contributed by atoms with Gasteiger partial charge in [0, 0.05) is 13.0 Å². The van der Waals surface area contributed by atoms with Gasteiger partial charge in [0.15, 0.2) is 0 Å². The van der Waals surface area contributed by atoms with Crippen molar-refractivity contribution in [1.82, 2.24) is 4.90 Å². The van der Waals surface area contributed by atoms with Crippen molar-refractivity contribution < 1.29 is 19.1 Å². The Morgan fingerprint density at radius 2 is 1.85 bits per heavy atom. The number of nitrogens with zero attached hydrogens (tertiary/aromatic N) is 1. The van der Waals surface area contributed by atoms with Gasteiger partial charge in [0.1, 0.15) is 12.4 Å². The maximum Gasteiger partial charge on any atom is 0.311 e.